The van der Waals surface area contributed by atoms with E-state index >= 15 is 0 Å². The minimum atomic E-state index is -0.923. The molecule has 6 nitrogen and oxygen atoms in total. The van der Waals surface area contributed by atoms with Gasteiger partial charge in [-0.15, -0.1) is 0 Å². The second-order valence-electron chi connectivity index (χ2n) is 6.53. The molecule has 0 aliphatic rings. The molecule has 0 heterocycles. The van der Waals surface area contributed by atoms with E-state index in [-0.39, 0.29) is 17.6 Å². The van der Waals surface area contributed by atoms with Crippen LogP contribution >= 0.6 is 0 Å². The highest BCUT2D eigenvalue weighted by atomic mass is 16.5. The van der Waals surface area contributed by atoms with E-state index in [0.717, 1.165) is 19.3 Å². The van der Waals surface area contributed by atoms with E-state index in [1.54, 1.807) is 25.1 Å². The Morgan fingerprint density at radius 1 is 1.23 bits per heavy atom. The van der Waals surface area contributed by atoms with Gasteiger partial charge >= 0.3 is 5.97 Å². The Morgan fingerprint density at radius 2 is 1.92 bits per heavy atom. The Morgan fingerprint density at radius 3 is 2.46 bits per heavy atom. The first-order chi connectivity index (χ1) is 12.3. The summed E-state index contributed by atoms with van der Waals surface area (Å²) in [5.74, 6) is -0.329. The molecule has 1 aromatic rings. The van der Waals surface area contributed by atoms with Crippen LogP contribution in [0.2, 0.25) is 0 Å². The zero-order valence-corrected chi connectivity index (χ0v) is 16.7. The first-order valence-corrected chi connectivity index (χ1v) is 9.06. The number of hydrogen-bond acceptors (Lipinski definition) is 5. The second kappa shape index (κ2) is 10.2. The summed E-state index contributed by atoms with van der Waals surface area (Å²) in [5, 5.41) is 2.83. The Kier molecular flexibility index (Phi) is 8.58. The van der Waals surface area contributed by atoms with Crippen molar-refractivity contribution in [3.8, 4) is 5.75 Å². The summed E-state index contributed by atoms with van der Waals surface area (Å²) in [6.45, 7) is 7.75. The molecule has 0 saturated carbocycles. The minimum Gasteiger partial charge on any atom is -0.490 e. The van der Waals surface area contributed by atoms with Crippen molar-refractivity contribution >= 4 is 17.6 Å². The molecule has 0 unspecified atom stereocenters. The molecule has 1 amide bonds. The lowest BCUT2D eigenvalue weighted by atomic mass is 9.97. The predicted molar refractivity (Wildman–Crippen MR) is 102 cm³/mol. The van der Waals surface area contributed by atoms with Gasteiger partial charge in [0, 0.05) is 12.8 Å². The number of rotatable bonds is 10. The van der Waals surface area contributed by atoms with E-state index in [1.807, 2.05) is 13.8 Å². The molecule has 6 heteroatoms. The van der Waals surface area contributed by atoms with Gasteiger partial charge in [0.1, 0.15) is 16.9 Å². The number of hydrogen-bond donors (Lipinski definition) is 1. The van der Waals surface area contributed by atoms with Gasteiger partial charge in [-0.2, -0.15) is 0 Å². The molecule has 0 saturated heterocycles. The van der Waals surface area contributed by atoms with Crippen molar-refractivity contribution in [3.63, 3.8) is 0 Å². The molecule has 0 fully saturated rings. The number of esters is 1. The Balaban J connectivity index is 3.06. The van der Waals surface area contributed by atoms with Crippen LogP contribution in [-0.4, -0.2) is 37.8 Å². The van der Waals surface area contributed by atoms with E-state index in [2.05, 4.69) is 12.2 Å². The summed E-state index contributed by atoms with van der Waals surface area (Å²) in [5.41, 5.74) is -0.155. The number of anilines is 1. The smallest absolute Gasteiger partial charge is 0.341 e. The highest BCUT2D eigenvalue weighted by Gasteiger charge is 2.32. The van der Waals surface area contributed by atoms with Crippen LogP contribution in [0.3, 0.4) is 0 Å². The summed E-state index contributed by atoms with van der Waals surface area (Å²) in [7, 11) is 2.84. The van der Waals surface area contributed by atoms with Crippen molar-refractivity contribution < 1.29 is 23.8 Å². The van der Waals surface area contributed by atoms with E-state index in [1.165, 1.54) is 14.2 Å². The van der Waals surface area contributed by atoms with Gasteiger partial charge in [0.15, 0.2) is 0 Å². The van der Waals surface area contributed by atoms with Crippen LogP contribution in [0.4, 0.5) is 5.69 Å². The fraction of sp³-hybridized carbons (Fsp3) is 0.600. The molecule has 0 bridgehead atoms. The molecule has 0 aliphatic heterocycles. The largest absolute Gasteiger partial charge is 0.490 e. The van der Waals surface area contributed by atoms with Crippen LogP contribution in [-0.2, 0) is 14.3 Å². The molecule has 1 N–H and O–H groups in total. The maximum absolute atomic E-state index is 12.6. The number of ether oxygens (including phenoxy) is 3. The molecule has 1 rings (SSSR count). The molecule has 1 aromatic carbocycles. The van der Waals surface area contributed by atoms with Gasteiger partial charge in [0.25, 0.3) is 5.91 Å². The first-order valence-electron chi connectivity index (χ1n) is 9.06. The third-order valence-corrected chi connectivity index (χ3v) is 4.48. The molecule has 0 spiro atoms. The molecule has 26 heavy (non-hydrogen) atoms. The van der Waals surface area contributed by atoms with E-state index < -0.39 is 11.6 Å². The Bertz CT molecular complexity index is 616. The third-order valence-electron chi connectivity index (χ3n) is 4.48. The number of unbranched alkanes of at least 4 members (excludes halogenated alkanes) is 1. The van der Waals surface area contributed by atoms with E-state index in [0.29, 0.717) is 17.9 Å². The fourth-order valence-corrected chi connectivity index (χ4v) is 2.37. The second-order valence-corrected chi connectivity index (χ2v) is 6.53. The van der Waals surface area contributed by atoms with Crippen molar-refractivity contribution in [2.75, 3.05) is 19.5 Å². The third kappa shape index (κ3) is 5.73. The van der Waals surface area contributed by atoms with Gasteiger partial charge in [0.05, 0.1) is 13.2 Å². The molecule has 0 radical (unpaired) electrons. The average molecular weight is 365 g/mol. The van der Waals surface area contributed by atoms with Gasteiger partial charge in [-0.1, -0.05) is 26.7 Å². The van der Waals surface area contributed by atoms with Crippen molar-refractivity contribution in [3.05, 3.63) is 23.8 Å². The normalized spacial score (nSPS) is 14.2. The molecular weight excluding hydrogens is 334 g/mol. The number of nitrogens with one attached hydrogen (secondary N) is 1. The highest BCUT2D eigenvalue weighted by molar-refractivity contribution is 5.99. The number of carbonyl (C=O) groups excluding carboxylic acids is 2. The Labute approximate surface area is 156 Å². The van der Waals surface area contributed by atoms with Gasteiger partial charge < -0.3 is 19.5 Å². The lowest BCUT2D eigenvalue weighted by Crippen LogP contribution is -2.42. The number of methoxy groups -OCH3 is 2. The highest BCUT2D eigenvalue weighted by Crippen LogP contribution is 2.27. The van der Waals surface area contributed by atoms with Crippen molar-refractivity contribution in [1.29, 1.82) is 0 Å². The van der Waals surface area contributed by atoms with Gasteiger partial charge in [-0.25, -0.2) is 4.79 Å². The van der Waals surface area contributed by atoms with Gasteiger partial charge in [0.2, 0.25) is 0 Å². The quantitative estimate of drug-likeness (QED) is 0.630. The van der Waals surface area contributed by atoms with Crippen LogP contribution in [0.25, 0.3) is 0 Å². The fourth-order valence-electron chi connectivity index (χ4n) is 2.37. The SMILES string of the molecule is CCCC[C@@](C)(OC)C(=O)Nc1ccc(O[C@H](C)CC)c(C(=O)OC)c1. The zero-order chi connectivity index (χ0) is 19.7. The standard InChI is InChI=1S/C20H31NO5/c1-7-9-12-20(4,25-6)19(23)21-15-10-11-17(26-14(3)8-2)16(13-15)18(22)24-5/h10-11,13-14H,7-9,12H2,1-6H3,(H,21,23)/t14-,20-/m1/s1. The number of carbonyl (C=O) groups is 2. The average Bonchev–Trinajstić information content (AvgIpc) is 2.66. The molecular formula is C20H31NO5. The van der Waals surface area contributed by atoms with Crippen LogP contribution in [0.15, 0.2) is 18.2 Å². The summed E-state index contributed by atoms with van der Waals surface area (Å²) in [6, 6.07) is 4.94. The minimum absolute atomic E-state index is 0.0373. The zero-order valence-electron chi connectivity index (χ0n) is 16.7. The van der Waals surface area contributed by atoms with E-state index in [4.69, 9.17) is 14.2 Å². The Hall–Kier alpha value is -2.08. The molecule has 0 aliphatic carbocycles. The molecule has 0 aromatic heterocycles. The summed E-state index contributed by atoms with van der Waals surface area (Å²) in [6.07, 6.45) is 3.24. The monoisotopic (exact) mass is 365 g/mol. The van der Waals surface area contributed by atoms with Crippen LogP contribution in [0, 0.1) is 0 Å². The van der Waals surface area contributed by atoms with Crippen molar-refractivity contribution in [2.45, 2.75) is 65.1 Å². The predicted octanol–water partition coefficient (Wildman–Crippen LogP) is 4.18. The summed E-state index contributed by atoms with van der Waals surface area (Å²) >= 11 is 0. The van der Waals surface area contributed by atoms with Gasteiger partial charge in [-0.3, -0.25) is 4.79 Å². The van der Waals surface area contributed by atoms with Crippen LogP contribution < -0.4 is 10.1 Å². The summed E-state index contributed by atoms with van der Waals surface area (Å²) in [4.78, 5) is 24.7. The maximum Gasteiger partial charge on any atom is 0.341 e. The number of benzene rings is 1. The lowest BCUT2D eigenvalue weighted by Gasteiger charge is -2.27. The number of amides is 1. The van der Waals surface area contributed by atoms with Crippen LogP contribution in [0.5, 0.6) is 5.75 Å². The maximum atomic E-state index is 12.6. The van der Waals surface area contributed by atoms with Crippen molar-refractivity contribution in [1.82, 2.24) is 0 Å². The molecule has 2 atom stereocenters. The summed E-state index contributed by atoms with van der Waals surface area (Å²) < 4.78 is 16.1. The lowest BCUT2D eigenvalue weighted by molar-refractivity contribution is -0.136. The van der Waals surface area contributed by atoms with E-state index in [9.17, 15) is 9.59 Å². The topological polar surface area (TPSA) is 73.9 Å². The van der Waals surface area contributed by atoms with Crippen LogP contribution in [0.1, 0.15) is 63.7 Å². The first kappa shape index (κ1) is 22.0. The van der Waals surface area contributed by atoms with Crippen molar-refractivity contribution in [2.24, 2.45) is 0 Å². The van der Waals surface area contributed by atoms with Gasteiger partial charge in [-0.05, 0) is 44.9 Å². The molecule has 146 valence electrons.